The highest BCUT2D eigenvalue weighted by molar-refractivity contribution is 7.89. The molecule has 3 rings (SSSR count). The van der Waals surface area contributed by atoms with Crippen molar-refractivity contribution in [2.45, 2.75) is 36.7 Å². The molecule has 0 amide bonds. The number of nitrogens with one attached hydrogen (secondary N) is 2. The highest BCUT2D eigenvalue weighted by Gasteiger charge is 2.26. The lowest BCUT2D eigenvalue weighted by molar-refractivity contribution is 0.248. The van der Waals surface area contributed by atoms with Gasteiger partial charge >= 0.3 is 0 Å². The zero-order valence-corrected chi connectivity index (χ0v) is 13.2. The Balaban J connectivity index is 1.82. The van der Waals surface area contributed by atoms with Crippen LogP contribution in [0.4, 0.5) is 0 Å². The summed E-state index contributed by atoms with van der Waals surface area (Å²) in [5, 5.41) is 3.29. The van der Waals surface area contributed by atoms with E-state index in [2.05, 4.69) is 22.0 Å². The summed E-state index contributed by atoms with van der Waals surface area (Å²) in [6.07, 6.45) is 2.54. The molecule has 0 aliphatic carbocycles. The number of benzene rings is 1. The normalized spacial score (nSPS) is 21.2. The fourth-order valence-corrected chi connectivity index (χ4v) is 4.77. The monoisotopic (exact) mass is 309 g/mol. The molecule has 0 atom stereocenters. The minimum absolute atomic E-state index is 0.0590. The third-order valence-electron chi connectivity index (χ3n) is 4.43. The van der Waals surface area contributed by atoms with E-state index in [-0.39, 0.29) is 6.04 Å². The van der Waals surface area contributed by atoms with Crippen molar-refractivity contribution in [1.82, 2.24) is 14.9 Å². The summed E-state index contributed by atoms with van der Waals surface area (Å²) >= 11 is 0. The molecule has 0 radical (unpaired) electrons. The Labute approximate surface area is 126 Å². The number of sulfonamides is 1. The Kier molecular flexibility index (Phi) is 4.31. The lowest BCUT2D eigenvalue weighted by Gasteiger charge is -2.29. The maximum absolute atomic E-state index is 12.7. The number of fused-ring (bicyclic) bond motifs is 1. The van der Waals surface area contributed by atoms with Crippen molar-refractivity contribution in [1.29, 1.82) is 0 Å². The molecule has 2 aliphatic heterocycles. The molecule has 21 heavy (non-hydrogen) atoms. The highest BCUT2D eigenvalue weighted by atomic mass is 32.2. The third kappa shape index (κ3) is 3.29. The first-order valence-corrected chi connectivity index (χ1v) is 9.07. The first-order valence-electron chi connectivity index (χ1n) is 7.58. The van der Waals surface area contributed by atoms with Gasteiger partial charge in [0.05, 0.1) is 4.90 Å². The standard InChI is InChI=1S/C15H23N3O2S/c1-18-9-6-13(7-10-18)17-21(19,20)15-4-2-3-12-11-16-8-5-14(12)15/h2-4,13,16-17H,5-11H2,1H3. The van der Waals surface area contributed by atoms with Crippen LogP contribution < -0.4 is 10.0 Å². The molecule has 116 valence electrons. The summed E-state index contributed by atoms with van der Waals surface area (Å²) in [7, 11) is -1.34. The Bertz CT molecular complexity index is 607. The number of hydrogen-bond donors (Lipinski definition) is 2. The number of nitrogens with zero attached hydrogens (tertiary/aromatic N) is 1. The van der Waals surface area contributed by atoms with Gasteiger partial charge in [-0.15, -0.1) is 0 Å². The van der Waals surface area contributed by atoms with E-state index in [0.717, 1.165) is 56.6 Å². The van der Waals surface area contributed by atoms with Crippen LogP contribution in [0.15, 0.2) is 23.1 Å². The van der Waals surface area contributed by atoms with Crippen molar-refractivity contribution >= 4 is 10.0 Å². The molecule has 1 fully saturated rings. The largest absolute Gasteiger partial charge is 0.312 e. The number of piperidine rings is 1. The van der Waals surface area contributed by atoms with Crippen molar-refractivity contribution in [3.05, 3.63) is 29.3 Å². The minimum Gasteiger partial charge on any atom is -0.312 e. The summed E-state index contributed by atoms with van der Waals surface area (Å²) in [6, 6.07) is 5.65. The van der Waals surface area contributed by atoms with Crippen LogP contribution in [0.3, 0.4) is 0 Å². The number of rotatable bonds is 3. The van der Waals surface area contributed by atoms with Gasteiger partial charge in [0, 0.05) is 12.6 Å². The SMILES string of the molecule is CN1CCC(NS(=O)(=O)c2cccc3c2CCNC3)CC1. The summed E-state index contributed by atoms with van der Waals surface area (Å²) < 4.78 is 28.3. The Morgan fingerprint density at radius 3 is 2.81 bits per heavy atom. The molecule has 2 aliphatic rings. The smallest absolute Gasteiger partial charge is 0.241 e. The minimum atomic E-state index is -3.42. The second kappa shape index (κ2) is 6.04. The van der Waals surface area contributed by atoms with Gasteiger partial charge in [-0.05, 0) is 63.1 Å². The zero-order valence-electron chi connectivity index (χ0n) is 12.4. The second-order valence-corrected chi connectivity index (χ2v) is 7.70. The maximum atomic E-state index is 12.7. The van der Waals surface area contributed by atoms with Crippen LogP contribution in [0, 0.1) is 0 Å². The van der Waals surface area contributed by atoms with Crippen molar-refractivity contribution in [2.24, 2.45) is 0 Å². The van der Waals surface area contributed by atoms with Crippen LogP contribution in [0.5, 0.6) is 0 Å². The van der Waals surface area contributed by atoms with Gasteiger partial charge < -0.3 is 10.2 Å². The van der Waals surface area contributed by atoms with Crippen molar-refractivity contribution < 1.29 is 8.42 Å². The predicted molar refractivity (Wildman–Crippen MR) is 82.7 cm³/mol. The van der Waals surface area contributed by atoms with E-state index < -0.39 is 10.0 Å². The summed E-state index contributed by atoms with van der Waals surface area (Å²) in [4.78, 5) is 2.71. The van der Waals surface area contributed by atoms with E-state index >= 15 is 0 Å². The Morgan fingerprint density at radius 1 is 1.29 bits per heavy atom. The predicted octanol–water partition coefficient (Wildman–Crippen LogP) is 0.705. The lowest BCUT2D eigenvalue weighted by atomic mass is 10.0. The molecule has 1 aromatic rings. The second-order valence-electron chi connectivity index (χ2n) is 6.02. The van der Waals surface area contributed by atoms with Gasteiger partial charge in [-0.25, -0.2) is 13.1 Å². The van der Waals surface area contributed by atoms with E-state index in [1.165, 1.54) is 0 Å². The molecular formula is C15H23N3O2S. The van der Waals surface area contributed by atoms with E-state index in [9.17, 15) is 8.42 Å². The molecule has 2 heterocycles. The fourth-order valence-electron chi connectivity index (χ4n) is 3.16. The molecular weight excluding hydrogens is 286 g/mol. The maximum Gasteiger partial charge on any atom is 0.241 e. The van der Waals surface area contributed by atoms with E-state index in [0.29, 0.717) is 4.90 Å². The molecule has 0 aromatic heterocycles. The summed E-state index contributed by atoms with van der Waals surface area (Å²) in [5.74, 6) is 0. The first kappa shape index (κ1) is 15.0. The summed E-state index contributed by atoms with van der Waals surface area (Å²) in [5.41, 5.74) is 2.09. The number of likely N-dealkylation sites (tertiary alicyclic amines) is 1. The van der Waals surface area contributed by atoms with Gasteiger partial charge in [-0.1, -0.05) is 12.1 Å². The molecule has 0 unspecified atom stereocenters. The molecule has 1 aromatic carbocycles. The van der Waals surface area contributed by atoms with Crippen molar-refractivity contribution in [3.63, 3.8) is 0 Å². The molecule has 5 nitrogen and oxygen atoms in total. The third-order valence-corrected chi connectivity index (χ3v) is 6.03. The fraction of sp³-hybridized carbons (Fsp3) is 0.600. The average molecular weight is 309 g/mol. The molecule has 2 N–H and O–H groups in total. The van der Waals surface area contributed by atoms with E-state index in [1.807, 2.05) is 12.1 Å². The first-order chi connectivity index (χ1) is 10.1. The summed E-state index contributed by atoms with van der Waals surface area (Å²) in [6.45, 7) is 3.49. The number of hydrogen-bond acceptors (Lipinski definition) is 4. The van der Waals surface area contributed by atoms with Crippen molar-refractivity contribution in [2.75, 3.05) is 26.7 Å². The van der Waals surface area contributed by atoms with Gasteiger partial charge in [0.1, 0.15) is 0 Å². The molecule has 0 spiro atoms. The molecule has 0 saturated carbocycles. The van der Waals surface area contributed by atoms with Gasteiger partial charge in [0.2, 0.25) is 10.0 Å². The van der Waals surface area contributed by atoms with Gasteiger partial charge in [0.25, 0.3) is 0 Å². The van der Waals surface area contributed by atoms with Crippen LogP contribution in [0.2, 0.25) is 0 Å². The van der Waals surface area contributed by atoms with Crippen LogP contribution in [-0.4, -0.2) is 46.0 Å². The average Bonchev–Trinajstić information content (AvgIpc) is 2.49. The Hall–Kier alpha value is -0.950. The zero-order chi connectivity index (χ0) is 14.9. The lowest BCUT2D eigenvalue weighted by Crippen LogP contribution is -2.43. The van der Waals surface area contributed by atoms with Gasteiger partial charge in [-0.2, -0.15) is 0 Å². The van der Waals surface area contributed by atoms with Crippen LogP contribution in [0.25, 0.3) is 0 Å². The van der Waals surface area contributed by atoms with Gasteiger partial charge in [-0.3, -0.25) is 0 Å². The van der Waals surface area contributed by atoms with Crippen molar-refractivity contribution in [3.8, 4) is 0 Å². The van der Waals surface area contributed by atoms with Gasteiger partial charge in [0.15, 0.2) is 0 Å². The van der Waals surface area contributed by atoms with Crippen LogP contribution in [0.1, 0.15) is 24.0 Å². The molecule has 0 bridgehead atoms. The van der Waals surface area contributed by atoms with Crippen LogP contribution >= 0.6 is 0 Å². The van der Waals surface area contributed by atoms with E-state index in [4.69, 9.17) is 0 Å². The highest BCUT2D eigenvalue weighted by Crippen LogP contribution is 2.23. The Morgan fingerprint density at radius 2 is 2.05 bits per heavy atom. The van der Waals surface area contributed by atoms with Crippen LogP contribution in [-0.2, 0) is 23.0 Å². The molecule has 1 saturated heterocycles. The quantitative estimate of drug-likeness (QED) is 0.863. The topological polar surface area (TPSA) is 61.4 Å². The molecule has 6 heteroatoms. The van der Waals surface area contributed by atoms with E-state index in [1.54, 1.807) is 6.07 Å².